The Morgan fingerprint density at radius 1 is 0.595 bits per heavy atom. The smallest absolute Gasteiger partial charge is 0.112 e. The highest BCUT2D eigenvalue weighted by molar-refractivity contribution is 7.95. The zero-order valence-corrected chi connectivity index (χ0v) is 23.7. The van der Waals surface area contributed by atoms with E-state index in [2.05, 4.69) is 112 Å². The van der Waals surface area contributed by atoms with E-state index in [1.807, 2.05) is 18.2 Å². The van der Waals surface area contributed by atoms with Crippen molar-refractivity contribution in [3.63, 3.8) is 0 Å². The molecule has 194 valence electrons. The van der Waals surface area contributed by atoms with Crippen molar-refractivity contribution in [1.82, 2.24) is 0 Å². The van der Waals surface area contributed by atoms with Crippen molar-refractivity contribution in [2.45, 2.75) is 59.3 Å². The lowest BCUT2D eigenvalue weighted by atomic mass is 10.0. The van der Waals surface area contributed by atoms with E-state index in [0.29, 0.717) is 0 Å². The molecule has 0 saturated carbocycles. The van der Waals surface area contributed by atoms with Gasteiger partial charge in [0.1, 0.15) is 23.2 Å². The van der Waals surface area contributed by atoms with E-state index in [1.54, 1.807) is 6.07 Å². The van der Waals surface area contributed by atoms with Crippen LogP contribution in [-0.2, 0) is 6.42 Å². The first-order chi connectivity index (χ1) is 18.1. The maximum atomic E-state index is 11.4. The molecule has 4 aromatic rings. The summed E-state index contributed by atoms with van der Waals surface area (Å²) in [6.07, 6.45) is 8.32. The van der Waals surface area contributed by atoms with Crippen LogP contribution in [-0.4, -0.2) is 6.16 Å². The lowest BCUT2D eigenvalue weighted by molar-refractivity contribution is -0.269. The Morgan fingerprint density at radius 2 is 1.05 bits per heavy atom. The van der Waals surface area contributed by atoms with Crippen LogP contribution in [0.1, 0.15) is 58.4 Å². The monoisotopic (exact) mass is 510 g/mol. The van der Waals surface area contributed by atoms with E-state index >= 15 is 0 Å². The van der Waals surface area contributed by atoms with Gasteiger partial charge < -0.3 is 5.11 Å². The van der Waals surface area contributed by atoms with Gasteiger partial charge in [-0.15, -0.1) is 5.75 Å². The standard InChI is InChI=1S/C21H22P.C14H22O/c1-2-18-22(19-12-6-3-7-13-19,20-14-8-4-9-15-20)21-16-10-5-11-17-21;1-12(2)8-4-3-5-9-13-10-6-7-11-14(13)15/h3-17H,2,18H2,1H3;6-7,10-12,15H,3-5,8-9H2,1-2H3/q+1;/p-1. The van der Waals surface area contributed by atoms with Crippen molar-refractivity contribution >= 4 is 23.2 Å². The maximum absolute atomic E-state index is 11.4. The molecule has 4 rings (SSSR count). The summed E-state index contributed by atoms with van der Waals surface area (Å²) in [6, 6.07) is 40.6. The fourth-order valence-corrected chi connectivity index (χ4v) is 9.36. The average molecular weight is 511 g/mol. The van der Waals surface area contributed by atoms with E-state index in [1.165, 1.54) is 47.8 Å². The van der Waals surface area contributed by atoms with Crippen molar-refractivity contribution < 1.29 is 5.11 Å². The Hall–Kier alpha value is -2.89. The van der Waals surface area contributed by atoms with Crippen molar-refractivity contribution in [3.8, 4) is 5.75 Å². The molecule has 0 spiro atoms. The molecule has 0 saturated heterocycles. The molecule has 0 N–H and O–H groups in total. The molecule has 0 heterocycles. The lowest BCUT2D eigenvalue weighted by Crippen LogP contribution is -2.33. The third kappa shape index (κ3) is 8.31. The van der Waals surface area contributed by atoms with Gasteiger partial charge in [-0.25, -0.2) is 0 Å². The zero-order valence-electron chi connectivity index (χ0n) is 22.9. The summed E-state index contributed by atoms with van der Waals surface area (Å²) < 4.78 is 0. The molecule has 0 aliphatic rings. The van der Waals surface area contributed by atoms with Crippen molar-refractivity contribution in [2.75, 3.05) is 6.16 Å². The molecule has 0 aromatic heterocycles. The van der Waals surface area contributed by atoms with Gasteiger partial charge >= 0.3 is 0 Å². The van der Waals surface area contributed by atoms with E-state index in [9.17, 15) is 5.11 Å². The van der Waals surface area contributed by atoms with Crippen molar-refractivity contribution in [3.05, 3.63) is 121 Å². The van der Waals surface area contributed by atoms with Gasteiger partial charge in [0.25, 0.3) is 0 Å². The van der Waals surface area contributed by atoms with Crippen LogP contribution in [0, 0.1) is 5.92 Å². The first-order valence-corrected chi connectivity index (χ1v) is 15.8. The number of rotatable bonds is 11. The van der Waals surface area contributed by atoms with E-state index in [-0.39, 0.29) is 5.75 Å². The third-order valence-electron chi connectivity index (χ3n) is 6.85. The minimum absolute atomic E-state index is 0.196. The molecule has 0 bridgehead atoms. The molecule has 0 aliphatic heterocycles. The van der Waals surface area contributed by atoms with Gasteiger partial charge in [0, 0.05) is 0 Å². The topological polar surface area (TPSA) is 23.1 Å². The molecular weight excluding hydrogens is 467 g/mol. The fourth-order valence-electron chi connectivity index (χ4n) is 4.97. The molecule has 0 fully saturated rings. The van der Waals surface area contributed by atoms with Gasteiger partial charge in [0.05, 0.1) is 6.16 Å². The molecule has 1 nitrogen and oxygen atoms in total. The maximum Gasteiger partial charge on any atom is 0.112 e. The molecule has 0 unspecified atom stereocenters. The van der Waals surface area contributed by atoms with Crippen LogP contribution in [0.25, 0.3) is 0 Å². The predicted octanol–water partition coefficient (Wildman–Crippen LogP) is 7.91. The molecule has 4 aromatic carbocycles. The van der Waals surface area contributed by atoms with Crippen molar-refractivity contribution in [1.29, 1.82) is 0 Å². The highest BCUT2D eigenvalue weighted by atomic mass is 31.2. The van der Waals surface area contributed by atoms with Gasteiger partial charge in [0.15, 0.2) is 0 Å². The largest absolute Gasteiger partial charge is 0.872 e. The Balaban J connectivity index is 0.000000222. The molecule has 0 radical (unpaired) electrons. The molecule has 0 atom stereocenters. The number of para-hydroxylation sites is 1. The highest BCUT2D eigenvalue weighted by Crippen LogP contribution is 2.55. The summed E-state index contributed by atoms with van der Waals surface area (Å²) in [4.78, 5) is 0. The minimum Gasteiger partial charge on any atom is -0.872 e. The van der Waals surface area contributed by atoms with Gasteiger partial charge in [-0.2, -0.15) is 0 Å². The number of hydrogen-bond acceptors (Lipinski definition) is 1. The first-order valence-electron chi connectivity index (χ1n) is 13.9. The molecule has 2 heteroatoms. The number of benzene rings is 4. The van der Waals surface area contributed by atoms with Crippen LogP contribution < -0.4 is 21.0 Å². The van der Waals surface area contributed by atoms with Crippen LogP contribution >= 0.6 is 7.26 Å². The lowest BCUT2D eigenvalue weighted by Gasteiger charge is -2.27. The Labute approximate surface area is 226 Å². The van der Waals surface area contributed by atoms with E-state index in [0.717, 1.165) is 24.3 Å². The second-order valence-corrected chi connectivity index (χ2v) is 13.8. The second-order valence-electron chi connectivity index (χ2n) is 10.1. The first kappa shape index (κ1) is 28.7. The van der Waals surface area contributed by atoms with Gasteiger partial charge in [0.2, 0.25) is 0 Å². The molecular formula is C35H43OP. The Bertz CT molecular complexity index is 1040. The summed E-state index contributed by atoms with van der Waals surface area (Å²) in [5.41, 5.74) is 0.974. The highest BCUT2D eigenvalue weighted by Gasteiger charge is 2.44. The predicted molar refractivity (Wildman–Crippen MR) is 163 cm³/mol. The normalized spacial score (nSPS) is 11.1. The SMILES string of the molecule is CC(C)CCCCCc1ccccc1[O-].CCC[P+](c1ccccc1)(c1ccccc1)c1ccccc1. The fraction of sp³-hybridized carbons (Fsp3) is 0.314. The molecule has 37 heavy (non-hydrogen) atoms. The summed E-state index contributed by atoms with van der Waals surface area (Å²) in [5.74, 6) is 0.998. The number of aryl methyl sites for hydroxylation is 1. The van der Waals surface area contributed by atoms with Gasteiger partial charge in [-0.3, -0.25) is 0 Å². The van der Waals surface area contributed by atoms with E-state index < -0.39 is 7.26 Å². The quantitative estimate of drug-likeness (QED) is 0.148. The number of hydrogen-bond donors (Lipinski definition) is 0. The van der Waals surface area contributed by atoms with Crippen LogP contribution in [0.15, 0.2) is 115 Å². The van der Waals surface area contributed by atoms with Crippen LogP contribution in [0.5, 0.6) is 5.75 Å². The molecule has 0 aliphatic carbocycles. The minimum atomic E-state index is -1.55. The van der Waals surface area contributed by atoms with Crippen molar-refractivity contribution in [2.24, 2.45) is 5.92 Å². The third-order valence-corrected chi connectivity index (χ3v) is 11.5. The summed E-state index contributed by atoms with van der Waals surface area (Å²) >= 11 is 0. The van der Waals surface area contributed by atoms with Crippen LogP contribution in [0.4, 0.5) is 0 Å². The summed E-state index contributed by atoms with van der Waals surface area (Å²) in [6.45, 7) is 6.81. The van der Waals surface area contributed by atoms with Crippen LogP contribution in [0.3, 0.4) is 0 Å². The molecule has 0 amide bonds. The van der Waals surface area contributed by atoms with Gasteiger partial charge in [-0.05, 0) is 61.6 Å². The van der Waals surface area contributed by atoms with E-state index in [4.69, 9.17) is 0 Å². The Kier molecular flexibility index (Phi) is 11.9. The number of unbranched alkanes of at least 4 members (excludes halogenated alkanes) is 2. The summed E-state index contributed by atoms with van der Waals surface area (Å²) in [7, 11) is -1.55. The Morgan fingerprint density at radius 3 is 1.49 bits per heavy atom. The zero-order chi connectivity index (χ0) is 26.3. The second kappa shape index (κ2) is 15.4. The van der Waals surface area contributed by atoms with Crippen LogP contribution in [0.2, 0.25) is 0 Å². The van der Waals surface area contributed by atoms with Gasteiger partial charge in [-0.1, -0.05) is 124 Å². The average Bonchev–Trinajstić information content (AvgIpc) is 2.94. The summed E-state index contributed by atoms with van der Waals surface area (Å²) in [5, 5.41) is 15.8.